The number of nitrogens with zero attached hydrogens (tertiary/aromatic N) is 1. The van der Waals surface area contributed by atoms with Crippen molar-refractivity contribution < 1.29 is 13.9 Å². The second-order valence-corrected chi connectivity index (χ2v) is 4.98. The molecule has 1 aromatic heterocycles. The lowest BCUT2D eigenvalue weighted by Crippen LogP contribution is -2.09. The van der Waals surface area contributed by atoms with Gasteiger partial charge in [-0.05, 0) is 19.3 Å². The first-order valence-electron chi connectivity index (χ1n) is 5.47. The molecule has 0 saturated heterocycles. The van der Waals surface area contributed by atoms with Crippen LogP contribution in [0.15, 0.2) is 4.42 Å². The van der Waals surface area contributed by atoms with Crippen molar-refractivity contribution >= 4 is 5.97 Å². The number of hydrogen-bond acceptors (Lipinski definition) is 4. The minimum Gasteiger partial charge on any atom is -0.460 e. The monoisotopic (exact) mass is 225 g/mol. The van der Waals surface area contributed by atoms with Crippen LogP contribution in [0.1, 0.15) is 49.8 Å². The number of ether oxygens (including phenoxy) is 1. The van der Waals surface area contributed by atoms with Gasteiger partial charge in [-0.1, -0.05) is 20.8 Å². The molecule has 16 heavy (non-hydrogen) atoms. The molecule has 0 fully saturated rings. The maximum atomic E-state index is 11.5. The van der Waals surface area contributed by atoms with Gasteiger partial charge in [0.1, 0.15) is 0 Å². The Labute approximate surface area is 96.0 Å². The maximum Gasteiger partial charge on any atom is 0.376 e. The molecule has 0 amide bonds. The van der Waals surface area contributed by atoms with Gasteiger partial charge in [-0.3, -0.25) is 0 Å². The predicted molar refractivity (Wildman–Crippen MR) is 60.4 cm³/mol. The summed E-state index contributed by atoms with van der Waals surface area (Å²) >= 11 is 0. The lowest BCUT2D eigenvalue weighted by atomic mass is 9.92. The summed E-state index contributed by atoms with van der Waals surface area (Å²) in [5.41, 5.74) is 0.682. The first-order chi connectivity index (χ1) is 7.33. The number of oxazole rings is 1. The molecule has 0 aliphatic carbocycles. The zero-order valence-electron chi connectivity index (χ0n) is 10.6. The van der Waals surface area contributed by atoms with Crippen LogP contribution in [0.2, 0.25) is 0 Å². The van der Waals surface area contributed by atoms with Crippen molar-refractivity contribution in [2.24, 2.45) is 5.41 Å². The quantitative estimate of drug-likeness (QED) is 0.742. The van der Waals surface area contributed by atoms with Gasteiger partial charge in [0.2, 0.25) is 5.76 Å². The highest BCUT2D eigenvalue weighted by Crippen LogP contribution is 2.22. The van der Waals surface area contributed by atoms with Crippen molar-refractivity contribution in [3.63, 3.8) is 0 Å². The van der Waals surface area contributed by atoms with E-state index in [1.807, 2.05) is 0 Å². The zero-order valence-corrected chi connectivity index (χ0v) is 10.6. The Hall–Kier alpha value is -1.32. The van der Waals surface area contributed by atoms with Crippen molar-refractivity contribution in [3.8, 4) is 0 Å². The van der Waals surface area contributed by atoms with Crippen LogP contribution in [0.5, 0.6) is 0 Å². The third kappa shape index (κ3) is 3.36. The van der Waals surface area contributed by atoms with E-state index in [0.29, 0.717) is 24.6 Å². The highest BCUT2D eigenvalue weighted by atomic mass is 16.5. The van der Waals surface area contributed by atoms with E-state index < -0.39 is 5.97 Å². The fourth-order valence-corrected chi connectivity index (χ4v) is 1.37. The van der Waals surface area contributed by atoms with Crippen LogP contribution in [-0.4, -0.2) is 17.6 Å². The fraction of sp³-hybridized carbons (Fsp3) is 0.667. The number of aryl methyl sites for hydroxylation is 1. The summed E-state index contributed by atoms with van der Waals surface area (Å²) in [6.45, 7) is 10.1. The lowest BCUT2D eigenvalue weighted by Gasteiger charge is -2.14. The third-order valence-corrected chi connectivity index (χ3v) is 1.98. The Morgan fingerprint density at radius 2 is 2.06 bits per heavy atom. The van der Waals surface area contributed by atoms with E-state index >= 15 is 0 Å². The average Bonchev–Trinajstić information content (AvgIpc) is 2.44. The van der Waals surface area contributed by atoms with Crippen LogP contribution in [0.4, 0.5) is 0 Å². The van der Waals surface area contributed by atoms with Crippen molar-refractivity contribution in [1.29, 1.82) is 0 Å². The van der Waals surface area contributed by atoms with Crippen LogP contribution in [-0.2, 0) is 11.2 Å². The third-order valence-electron chi connectivity index (χ3n) is 1.98. The van der Waals surface area contributed by atoms with Crippen molar-refractivity contribution in [2.75, 3.05) is 6.61 Å². The Morgan fingerprint density at radius 1 is 1.44 bits per heavy atom. The molecule has 0 aromatic carbocycles. The molecule has 1 heterocycles. The van der Waals surface area contributed by atoms with E-state index in [1.54, 1.807) is 13.8 Å². The van der Waals surface area contributed by atoms with Crippen LogP contribution < -0.4 is 0 Å². The van der Waals surface area contributed by atoms with E-state index in [4.69, 9.17) is 9.15 Å². The minimum absolute atomic E-state index is 0.0865. The van der Waals surface area contributed by atoms with E-state index in [1.165, 1.54) is 0 Å². The van der Waals surface area contributed by atoms with Gasteiger partial charge in [0.05, 0.1) is 12.3 Å². The Balaban J connectivity index is 2.86. The molecular weight excluding hydrogens is 206 g/mol. The maximum absolute atomic E-state index is 11.5. The molecule has 0 radical (unpaired) electrons. The topological polar surface area (TPSA) is 52.3 Å². The Kier molecular flexibility index (Phi) is 3.73. The second-order valence-electron chi connectivity index (χ2n) is 4.98. The number of hydrogen-bond donors (Lipinski definition) is 0. The van der Waals surface area contributed by atoms with E-state index in [2.05, 4.69) is 25.8 Å². The molecule has 0 atom stereocenters. The SMILES string of the molecule is CCOC(=O)c1oc(CC(C)(C)C)nc1C. The van der Waals surface area contributed by atoms with Gasteiger partial charge in [-0.25, -0.2) is 9.78 Å². The van der Waals surface area contributed by atoms with E-state index in [-0.39, 0.29) is 11.2 Å². The summed E-state index contributed by atoms with van der Waals surface area (Å²) in [7, 11) is 0. The standard InChI is InChI=1S/C12H19NO3/c1-6-15-11(14)10-8(2)13-9(16-10)7-12(3,4)5/h6-7H2,1-5H3. The van der Waals surface area contributed by atoms with Crippen LogP contribution >= 0.6 is 0 Å². The molecule has 1 rings (SSSR count). The molecule has 1 aromatic rings. The highest BCUT2D eigenvalue weighted by Gasteiger charge is 2.21. The summed E-state index contributed by atoms with van der Waals surface area (Å²) in [5.74, 6) is 0.377. The molecule has 90 valence electrons. The fourth-order valence-electron chi connectivity index (χ4n) is 1.37. The van der Waals surface area contributed by atoms with Gasteiger partial charge in [0.25, 0.3) is 0 Å². The summed E-state index contributed by atoms with van der Waals surface area (Å²) in [6, 6.07) is 0. The van der Waals surface area contributed by atoms with Gasteiger partial charge in [0, 0.05) is 6.42 Å². The highest BCUT2D eigenvalue weighted by molar-refractivity contribution is 5.87. The lowest BCUT2D eigenvalue weighted by molar-refractivity contribution is 0.0486. The summed E-state index contributed by atoms with van der Waals surface area (Å²) in [6.07, 6.45) is 0.702. The average molecular weight is 225 g/mol. The van der Waals surface area contributed by atoms with Crippen LogP contribution in [0, 0.1) is 12.3 Å². The van der Waals surface area contributed by atoms with E-state index in [9.17, 15) is 4.79 Å². The minimum atomic E-state index is -0.437. The summed E-state index contributed by atoms with van der Waals surface area (Å²) in [4.78, 5) is 15.7. The van der Waals surface area contributed by atoms with E-state index in [0.717, 1.165) is 0 Å². The second kappa shape index (κ2) is 4.68. The number of carbonyl (C=O) groups is 1. The van der Waals surface area contributed by atoms with Crippen molar-refractivity contribution in [3.05, 3.63) is 17.3 Å². The predicted octanol–water partition coefficient (Wildman–Crippen LogP) is 2.75. The summed E-state index contributed by atoms with van der Waals surface area (Å²) < 4.78 is 10.3. The van der Waals surface area contributed by atoms with Crippen molar-refractivity contribution in [1.82, 2.24) is 4.98 Å². The molecule has 4 heteroatoms. The zero-order chi connectivity index (χ0) is 12.3. The Bertz CT molecular complexity index is 374. The molecule has 0 unspecified atom stereocenters. The molecule has 4 nitrogen and oxygen atoms in total. The number of rotatable bonds is 3. The molecule has 0 aliphatic rings. The Morgan fingerprint density at radius 3 is 2.56 bits per heavy atom. The summed E-state index contributed by atoms with van der Waals surface area (Å²) in [5, 5.41) is 0. The smallest absolute Gasteiger partial charge is 0.376 e. The van der Waals surface area contributed by atoms with Gasteiger partial charge in [-0.15, -0.1) is 0 Å². The molecule has 0 spiro atoms. The molecule has 0 N–H and O–H groups in total. The van der Waals surface area contributed by atoms with Gasteiger partial charge >= 0.3 is 5.97 Å². The van der Waals surface area contributed by atoms with Gasteiger partial charge in [-0.2, -0.15) is 0 Å². The molecular formula is C12H19NO3. The largest absolute Gasteiger partial charge is 0.460 e. The molecule has 0 saturated carbocycles. The first kappa shape index (κ1) is 12.7. The number of aromatic nitrogens is 1. The number of esters is 1. The molecule has 0 bridgehead atoms. The van der Waals surface area contributed by atoms with Gasteiger partial charge < -0.3 is 9.15 Å². The van der Waals surface area contributed by atoms with Crippen molar-refractivity contribution in [2.45, 2.75) is 41.0 Å². The first-order valence-corrected chi connectivity index (χ1v) is 5.47. The van der Waals surface area contributed by atoms with Crippen LogP contribution in [0.3, 0.4) is 0 Å². The molecule has 0 aliphatic heterocycles. The van der Waals surface area contributed by atoms with Crippen LogP contribution in [0.25, 0.3) is 0 Å². The normalized spacial score (nSPS) is 11.6. The van der Waals surface area contributed by atoms with Gasteiger partial charge in [0.15, 0.2) is 5.89 Å². The number of carbonyl (C=O) groups excluding carboxylic acids is 1.